The van der Waals surface area contributed by atoms with Gasteiger partial charge in [0.2, 0.25) is 5.91 Å². The molecule has 3 aromatic rings. The van der Waals surface area contributed by atoms with Crippen LogP contribution >= 0.6 is 11.3 Å². The summed E-state index contributed by atoms with van der Waals surface area (Å²) in [6.07, 6.45) is 2.13. The first-order chi connectivity index (χ1) is 15.1. The van der Waals surface area contributed by atoms with Crippen molar-refractivity contribution >= 4 is 27.5 Å². The van der Waals surface area contributed by atoms with Crippen molar-refractivity contribution in [2.75, 3.05) is 33.4 Å². The van der Waals surface area contributed by atoms with Gasteiger partial charge in [0.1, 0.15) is 18.2 Å². The van der Waals surface area contributed by atoms with Gasteiger partial charge in [0.05, 0.1) is 22.8 Å². The van der Waals surface area contributed by atoms with E-state index in [4.69, 9.17) is 14.5 Å². The number of rotatable bonds is 5. The lowest BCUT2D eigenvalue weighted by molar-refractivity contribution is -0.133. The van der Waals surface area contributed by atoms with Gasteiger partial charge in [-0.05, 0) is 56.1 Å². The number of carbonyl (C=O) groups excluding carboxylic acids is 1. The van der Waals surface area contributed by atoms with E-state index in [1.54, 1.807) is 11.3 Å². The average molecular weight is 438 g/mol. The summed E-state index contributed by atoms with van der Waals surface area (Å²) < 4.78 is 12.6. The zero-order valence-electron chi connectivity index (χ0n) is 17.9. The van der Waals surface area contributed by atoms with Crippen molar-refractivity contribution in [2.45, 2.75) is 31.8 Å². The molecule has 5 rings (SSSR count). The maximum absolute atomic E-state index is 13.2. The van der Waals surface area contributed by atoms with Crippen LogP contribution in [-0.4, -0.2) is 54.0 Å². The summed E-state index contributed by atoms with van der Waals surface area (Å²) in [4.78, 5) is 22.0. The molecule has 2 aliphatic rings. The van der Waals surface area contributed by atoms with Crippen LogP contribution in [0.15, 0.2) is 42.5 Å². The van der Waals surface area contributed by atoms with Gasteiger partial charge in [0.25, 0.3) is 0 Å². The summed E-state index contributed by atoms with van der Waals surface area (Å²) in [5.74, 6) is 1.74. The monoisotopic (exact) mass is 437 g/mol. The van der Waals surface area contributed by atoms with Crippen LogP contribution in [0.2, 0.25) is 0 Å². The molecule has 0 unspecified atom stereocenters. The summed E-state index contributed by atoms with van der Waals surface area (Å²) in [6, 6.07) is 14.5. The molecule has 1 fully saturated rings. The van der Waals surface area contributed by atoms with Crippen molar-refractivity contribution < 1.29 is 14.3 Å². The number of carbonyl (C=O) groups is 1. The second kappa shape index (κ2) is 8.48. The lowest BCUT2D eigenvalue weighted by Gasteiger charge is -2.29. The van der Waals surface area contributed by atoms with Crippen LogP contribution in [0.3, 0.4) is 0 Å². The Hall–Kier alpha value is -2.64. The number of amides is 1. The van der Waals surface area contributed by atoms with Crippen molar-refractivity contribution in [3.8, 4) is 11.5 Å². The third kappa shape index (κ3) is 4.00. The Morgan fingerprint density at radius 2 is 2.03 bits per heavy atom. The predicted molar refractivity (Wildman–Crippen MR) is 122 cm³/mol. The van der Waals surface area contributed by atoms with Crippen molar-refractivity contribution in [1.29, 1.82) is 0 Å². The minimum absolute atomic E-state index is 0.0553. The lowest BCUT2D eigenvalue weighted by Crippen LogP contribution is -2.39. The smallest absolute Gasteiger partial charge is 0.237 e. The van der Waals surface area contributed by atoms with E-state index in [0.717, 1.165) is 46.1 Å². The van der Waals surface area contributed by atoms with Crippen molar-refractivity contribution in [3.05, 3.63) is 53.0 Å². The maximum Gasteiger partial charge on any atom is 0.237 e. The molecule has 0 aliphatic carbocycles. The van der Waals surface area contributed by atoms with E-state index in [-0.39, 0.29) is 18.0 Å². The van der Waals surface area contributed by atoms with E-state index in [0.29, 0.717) is 19.8 Å². The van der Waals surface area contributed by atoms with Gasteiger partial charge in [-0.2, -0.15) is 0 Å². The van der Waals surface area contributed by atoms with E-state index in [1.807, 2.05) is 36.2 Å². The normalized spacial score (nSPS) is 19.5. The van der Waals surface area contributed by atoms with E-state index in [1.165, 1.54) is 5.56 Å². The van der Waals surface area contributed by atoms with Gasteiger partial charge in [-0.3, -0.25) is 9.69 Å². The molecule has 162 valence electrons. The van der Waals surface area contributed by atoms with Crippen molar-refractivity contribution in [1.82, 2.24) is 14.8 Å². The number of likely N-dealkylation sites (tertiary alicyclic amines) is 1. The molecule has 0 saturated carbocycles. The van der Waals surface area contributed by atoms with Gasteiger partial charge in [-0.25, -0.2) is 4.98 Å². The second-order valence-corrected chi connectivity index (χ2v) is 9.29. The number of fused-ring (bicyclic) bond motifs is 2. The first kappa shape index (κ1) is 20.3. The molecule has 0 N–H and O–H groups in total. The molecule has 0 bridgehead atoms. The van der Waals surface area contributed by atoms with Crippen LogP contribution in [0.1, 0.15) is 42.4 Å². The first-order valence-electron chi connectivity index (χ1n) is 10.8. The summed E-state index contributed by atoms with van der Waals surface area (Å²) in [7, 11) is 1.88. The van der Waals surface area contributed by atoms with Crippen LogP contribution in [-0.2, 0) is 4.79 Å². The number of ether oxygens (including phenoxy) is 2. The molecule has 1 amide bonds. The molecule has 7 heteroatoms. The number of hydrogen-bond donors (Lipinski definition) is 0. The van der Waals surface area contributed by atoms with E-state index < -0.39 is 0 Å². The quantitative estimate of drug-likeness (QED) is 0.591. The molecule has 1 saturated heterocycles. The highest BCUT2D eigenvalue weighted by molar-refractivity contribution is 7.18. The minimum atomic E-state index is -0.0553. The highest BCUT2D eigenvalue weighted by Crippen LogP contribution is 2.38. The second-order valence-electron chi connectivity index (χ2n) is 8.23. The highest BCUT2D eigenvalue weighted by atomic mass is 32.1. The molecule has 31 heavy (non-hydrogen) atoms. The van der Waals surface area contributed by atoms with Crippen LogP contribution in [0.4, 0.5) is 0 Å². The largest absolute Gasteiger partial charge is 0.486 e. The zero-order valence-corrected chi connectivity index (χ0v) is 18.7. The third-order valence-corrected chi connectivity index (χ3v) is 7.50. The Morgan fingerprint density at radius 3 is 2.87 bits per heavy atom. The molecule has 3 heterocycles. The minimum Gasteiger partial charge on any atom is -0.486 e. The van der Waals surface area contributed by atoms with Crippen molar-refractivity contribution in [3.63, 3.8) is 0 Å². The Labute approximate surface area is 186 Å². The molecule has 2 atom stereocenters. The average Bonchev–Trinajstić information content (AvgIpc) is 3.44. The molecule has 0 spiro atoms. The van der Waals surface area contributed by atoms with Gasteiger partial charge >= 0.3 is 0 Å². The summed E-state index contributed by atoms with van der Waals surface area (Å²) in [5.41, 5.74) is 2.19. The fourth-order valence-corrected chi connectivity index (χ4v) is 5.46. The fourth-order valence-electron chi connectivity index (χ4n) is 4.40. The highest BCUT2D eigenvalue weighted by Gasteiger charge is 2.31. The van der Waals surface area contributed by atoms with E-state index in [2.05, 4.69) is 30.0 Å². The Morgan fingerprint density at radius 1 is 1.23 bits per heavy atom. The van der Waals surface area contributed by atoms with Gasteiger partial charge in [0, 0.05) is 13.1 Å². The van der Waals surface area contributed by atoms with E-state index in [9.17, 15) is 4.79 Å². The van der Waals surface area contributed by atoms with Gasteiger partial charge < -0.3 is 14.4 Å². The number of likely N-dealkylation sites (N-methyl/N-ethyl adjacent to an activating group) is 1. The Bertz CT molecular complexity index is 1070. The number of thiazole rings is 1. The first-order valence-corrected chi connectivity index (χ1v) is 11.7. The van der Waals surface area contributed by atoms with Crippen LogP contribution in [0, 0.1) is 0 Å². The third-order valence-electron chi connectivity index (χ3n) is 6.30. The van der Waals surface area contributed by atoms with E-state index >= 15 is 0 Å². The Balaban J connectivity index is 1.28. The molecule has 0 radical (unpaired) electrons. The molecule has 2 aromatic carbocycles. The number of para-hydroxylation sites is 1. The standard InChI is InChI=1S/C24H27N3O3S/c1-16(24-25-18-6-3-4-8-22(18)31-24)26(2)23(28)15-27-11-5-7-19(27)17-9-10-20-21(14-17)30-13-12-29-20/h3-4,6,8-10,14,16,19H,5,7,11-13,15H2,1-2H3/t16-,19+/m1/s1. The predicted octanol–water partition coefficient (Wildman–Crippen LogP) is 4.42. The molecule has 2 aliphatic heterocycles. The van der Waals surface area contributed by atoms with Gasteiger partial charge in [-0.1, -0.05) is 18.2 Å². The van der Waals surface area contributed by atoms with Crippen molar-refractivity contribution in [2.24, 2.45) is 0 Å². The number of aromatic nitrogens is 1. The summed E-state index contributed by atoms with van der Waals surface area (Å²) >= 11 is 1.66. The SMILES string of the molecule is C[C@H](c1nc2ccccc2s1)N(C)C(=O)CN1CCC[C@H]1c1ccc2c(c1)OCCO2. The van der Waals surface area contributed by atoms with Crippen LogP contribution in [0.5, 0.6) is 11.5 Å². The summed E-state index contributed by atoms with van der Waals surface area (Å²) in [6.45, 7) is 4.56. The van der Waals surface area contributed by atoms with Gasteiger partial charge in [0.15, 0.2) is 11.5 Å². The summed E-state index contributed by atoms with van der Waals surface area (Å²) in [5, 5.41) is 0.974. The number of hydrogen-bond acceptors (Lipinski definition) is 6. The molecule has 6 nitrogen and oxygen atoms in total. The topological polar surface area (TPSA) is 54.9 Å². The molecular weight excluding hydrogens is 410 g/mol. The molecular formula is C24H27N3O3S. The number of nitrogens with zero attached hydrogens (tertiary/aromatic N) is 3. The maximum atomic E-state index is 13.2. The van der Waals surface area contributed by atoms with Crippen LogP contribution < -0.4 is 9.47 Å². The zero-order chi connectivity index (χ0) is 21.4. The fraction of sp³-hybridized carbons (Fsp3) is 0.417. The molecule has 1 aromatic heterocycles. The number of benzene rings is 2. The van der Waals surface area contributed by atoms with Gasteiger partial charge in [-0.15, -0.1) is 11.3 Å². The Kier molecular flexibility index (Phi) is 5.54. The lowest BCUT2D eigenvalue weighted by atomic mass is 10.0. The van der Waals surface area contributed by atoms with Crippen LogP contribution in [0.25, 0.3) is 10.2 Å².